The van der Waals surface area contributed by atoms with Crippen molar-refractivity contribution in [3.63, 3.8) is 0 Å². The summed E-state index contributed by atoms with van der Waals surface area (Å²) in [7, 11) is 0. The Balaban J connectivity index is 1.08. The van der Waals surface area contributed by atoms with E-state index in [1.54, 1.807) is 0 Å². The molecule has 0 aliphatic heterocycles. The largest absolute Gasteiger partial charge is 0.0725 e. The summed E-state index contributed by atoms with van der Waals surface area (Å²) in [6.07, 6.45) is 0. The smallest absolute Gasteiger partial charge is 0.0622 e. The van der Waals surface area contributed by atoms with E-state index in [0.29, 0.717) is 5.56 Å². The van der Waals surface area contributed by atoms with Crippen LogP contribution in [0.2, 0.25) is 0 Å². The summed E-state index contributed by atoms with van der Waals surface area (Å²) in [6, 6.07) is 45.0. The van der Waals surface area contributed by atoms with E-state index >= 15 is 0 Å². The van der Waals surface area contributed by atoms with Crippen molar-refractivity contribution in [2.45, 2.75) is 5.41 Å². The fourth-order valence-corrected chi connectivity index (χ4v) is 9.48. The molecule has 0 nitrogen and oxygen atoms in total. The Hall–Kier alpha value is -6.76. The molecule has 0 radical (unpaired) electrons. The SMILES string of the molecule is [2H]c1c([2H])c([2H])c(-c2c([2H])c([2H])c(-c3ccc4ccc5c(-c6ccc7c(c6)C6(c8ccccc8-c8ccccc86)c6ccccc6-7)ccc6ccc3c4c65)c([2H])c2[2H])c([2H])c1[2H]. The Bertz CT molecular complexity index is 3520. The second-order valence-corrected chi connectivity index (χ2v) is 14.0. The molecule has 10 aromatic carbocycles. The van der Waals surface area contributed by atoms with Crippen molar-refractivity contribution < 1.29 is 12.3 Å². The maximum Gasteiger partial charge on any atom is 0.0725 e. The summed E-state index contributed by atoms with van der Waals surface area (Å²) in [5.74, 6) is 0. The molecule has 0 heterocycles. The topological polar surface area (TPSA) is 0 Å². The lowest BCUT2D eigenvalue weighted by Gasteiger charge is -2.30. The van der Waals surface area contributed by atoms with E-state index in [-0.39, 0.29) is 28.8 Å². The van der Waals surface area contributed by atoms with Gasteiger partial charge in [0.2, 0.25) is 0 Å². The fourth-order valence-electron chi connectivity index (χ4n) is 9.48. The van der Waals surface area contributed by atoms with Crippen LogP contribution in [0.5, 0.6) is 0 Å². The Kier molecular flexibility index (Phi) is 4.33. The Morgan fingerprint density at radius 3 is 1.32 bits per heavy atom. The zero-order chi connectivity index (χ0) is 42.5. The van der Waals surface area contributed by atoms with Gasteiger partial charge in [0.15, 0.2) is 0 Å². The van der Waals surface area contributed by atoms with E-state index < -0.39 is 47.7 Å². The summed E-state index contributed by atoms with van der Waals surface area (Å²) >= 11 is 0. The van der Waals surface area contributed by atoms with Crippen LogP contribution in [-0.4, -0.2) is 0 Å². The monoisotopic (exact) mass is 677 g/mol. The molecule has 0 aromatic heterocycles. The summed E-state index contributed by atoms with van der Waals surface area (Å²) in [4.78, 5) is 0. The fraction of sp³-hybridized carbons (Fsp3) is 0.0189. The molecule has 1 spiro atoms. The Labute approximate surface area is 321 Å². The molecule has 0 fully saturated rings. The summed E-state index contributed by atoms with van der Waals surface area (Å²) in [6.45, 7) is 0. The average molecular weight is 678 g/mol. The predicted octanol–water partition coefficient (Wildman–Crippen LogP) is 13.9. The maximum absolute atomic E-state index is 9.26. The number of hydrogen-bond acceptors (Lipinski definition) is 0. The highest BCUT2D eigenvalue weighted by molar-refractivity contribution is 6.27. The highest BCUT2D eigenvalue weighted by Crippen LogP contribution is 2.63. The number of fused-ring (bicyclic) bond motifs is 10. The predicted molar refractivity (Wildman–Crippen MR) is 223 cm³/mol. The van der Waals surface area contributed by atoms with Gasteiger partial charge >= 0.3 is 0 Å². The molecular weight excluding hydrogens is 637 g/mol. The molecule has 0 N–H and O–H groups in total. The Morgan fingerprint density at radius 2 is 0.755 bits per heavy atom. The van der Waals surface area contributed by atoms with E-state index in [1.165, 1.54) is 44.5 Å². The van der Waals surface area contributed by atoms with Gasteiger partial charge in [-0.15, -0.1) is 0 Å². The third kappa shape index (κ3) is 3.80. The normalized spacial score (nSPS) is 15.8. The van der Waals surface area contributed by atoms with Gasteiger partial charge < -0.3 is 0 Å². The van der Waals surface area contributed by atoms with Crippen molar-refractivity contribution in [2.24, 2.45) is 0 Å². The molecule has 2 aliphatic rings. The second kappa shape index (κ2) is 10.6. The van der Waals surface area contributed by atoms with Crippen molar-refractivity contribution in [2.75, 3.05) is 0 Å². The molecule has 0 unspecified atom stereocenters. The molecule has 0 atom stereocenters. The first-order chi connectivity index (χ1) is 30.0. The highest BCUT2D eigenvalue weighted by atomic mass is 14.5. The molecule has 2 aliphatic carbocycles. The first kappa shape index (κ1) is 21.6. The molecule has 10 aromatic rings. The van der Waals surface area contributed by atoms with Crippen LogP contribution in [0.1, 0.15) is 34.6 Å². The number of rotatable bonds is 3. The zero-order valence-electron chi connectivity index (χ0n) is 37.3. The first-order valence-corrected chi connectivity index (χ1v) is 17.9. The Morgan fingerprint density at radius 1 is 0.321 bits per heavy atom. The van der Waals surface area contributed by atoms with Crippen molar-refractivity contribution in [1.29, 1.82) is 0 Å². The van der Waals surface area contributed by atoms with Crippen molar-refractivity contribution >= 4 is 32.3 Å². The van der Waals surface area contributed by atoms with Crippen LogP contribution in [0.3, 0.4) is 0 Å². The quantitative estimate of drug-likeness (QED) is 0.163. The van der Waals surface area contributed by atoms with E-state index in [4.69, 9.17) is 9.60 Å². The van der Waals surface area contributed by atoms with Crippen LogP contribution in [0.15, 0.2) is 194 Å². The molecule has 53 heavy (non-hydrogen) atoms. The van der Waals surface area contributed by atoms with Gasteiger partial charge in [-0.2, -0.15) is 0 Å². The maximum atomic E-state index is 9.26. The molecule has 12 rings (SSSR count). The van der Waals surface area contributed by atoms with Crippen LogP contribution >= 0.6 is 0 Å². The third-order valence-electron chi connectivity index (χ3n) is 11.6. The van der Waals surface area contributed by atoms with Crippen molar-refractivity contribution in [1.82, 2.24) is 0 Å². The minimum atomic E-state index is -0.605. The van der Waals surface area contributed by atoms with Gasteiger partial charge in [-0.05, 0) is 116 Å². The summed E-state index contributed by atoms with van der Waals surface area (Å²) < 4.78 is 78.2. The highest BCUT2D eigenvalue weighted by Gasteiger charge is 2.51. The van der Waals surface area contributed by atoms with E-state index in [9.17, 15) is 2.74 Å². The zero-order valence-corrected chi connectivity index (χ0v) is 28.3. The second-order valence-electron chi connectivity index (χ2n) is 14.0. The number of hydrogen-bond donors (Lipinski definition) is 0. The van der Waals surface area contributed by atoms with Gasteiger partial charge in [0.25, 0.3) is 0 Å². The van der Waals surface area contributed by atoms with E-state index in [2.05, 4.69) is 115 Å². The van der Waals surface area contributed by atoms with Gasteiger partial charge in [-0.1, -0.05) is 188 Å². The molecule has 0 amide bonds. The van der Waals surface area contributed by atoms with Crippen molar-refractivity contribution in [3.8, 4) is 55.6 Å². The minimum absolute atomic E-state index is 0.0786. The first-order valence-electron chi connectivity index (χ1n) is 22.4. The third-order valence-corrected chi connectivity index (χ3v) is 11.6. The molecule has 0 saturated carbocycles. The van der Waals surface area contributed by atoms with Crippen LogP contribution in [0.4, 0.5) is 0 Å². The van der Waals surface area contributed by atoms with Crippen LogP contribution in [0, 0.1) is 0 Å². The standard InChI is InChI=1S/C53H32/c1-2-10-33(11-3-1)34-18-20-35(21-19-34)39-27-22-36-25-31-46-40(28-23-37-24-30-45(39)51(36)52(37)46)38-26-29-44-43-14-6-9-17-49(43)53(50(44)32-38)47-15-7-4-12-41(47)42-13-5-8-16-48(42)53/h1-32H/i1D,2D,3D,10D,11D,18D,19D,20D,21D. The van der Waals surface area contributed by atoms with Crippen LogP contribution in [0.25, 0.3) is 88.0 Å². The lowest BCUT2D eigenvalue weighted by atomic mass is 9.70. The molecule has 244 valence electrons. The average Bonchev–Trinajstić information content (AvgIpc) is 3.77. The molecule has 0 heteroatoms. The lowest BCUT2D eigenvalue weighted by molar-refractivity contribution is 0.794. The summed E-state index contributed by atoms with van der Waals surface area (Å²) in [5, 5.41) is 5.77. The number of benzene rings is 10. The molecule has 0 saturated heterocycles. The van der Waals surface area contributed by atoms with Crippen LogP contribution in [-0.2, 0) is 5.41 Å². The minimum Gasteiger partial charge on any atom is -0.0622 e. The van der Waals surface area contributed by atoms with Crippen molar-refractivity contribution in [3.05, 3.63) is 216 Å². The van der Waals surface area contributed by atoms with Gasteiger partial charge in [0.1, 0.15) is 0 Å². The van der Waals surface area contributed by atoms with E-state index in [0.717, 1.165) is 43.4 Å². The van der Waals surface area contributed by atoms with Crippen LogP contribution < -0.4 is 0 Å². The van der Waals surface area contributed by atoms with Gasteiger partial charge in [-0.3, -0.25) is 0 Å². The van der Waals surface area contributed by atoms with Gasteiger partial charge in [-0.25, -0.2) is 0 Å². The summed E-state index contributed by atoms with van der Waals surface area (Å²) in [5.41, 5.74) is 11.6. The van der Waals surface area contributed by atoms with Gasteiger partial charge in [0, 0.05) is 0 Å². The van der Waals surface area contributed by atoms with E-state index in [1.807, 2.05) is 24.3 Å². The lowest BCUT2D eigenvalue weighted by Crippen LogP contribution is -2.25. The molecule has 0 bridgehead atoms. The molecular formula is C53H32. The van der Waals surface area contributed by atoms with Gasteiger partial charge in [0.05, 0.1) is 17.8 Å².